The van der Waals surface area contributed by atoms with Gasteiger partial charge >= 0.3 is 0 Å². The lowest BCUT2D eigenvalue weighted by molar-refractivity contribution is -0.120. The Bertz CT molecular complexity index is 609. The molecule has 0 saturated carbocycles. The van der Waals surface area contributed by atoms with Crippen LogP contribution >= 0.6 is 34.5 Å². The number of hydrogen-bond donors (Lipinski definition) is 1. The molecule has 118 valence electrons. The van der Waals surface area contributed by atoms with Gasteiger partial charge < -0.3 is 10.2 Å². The van der Waals surface area contributed by atoms with E-state index in [-0.39, 0.29) is 18.4 Å². The van der Waals surface area contributed by atoms with Crippen molar-refractivity contribution in [1.29, 1.82) is 0 Å². The Balaban J connectivity index is 1.97. The van der Waals surface area contributed by atoms with E-state index in [1.54, 1.807) is 29.5 Å². The van der Waals surface area contributed by atoms with Crippen LogP contribution in [0.3, 0.4) is 0 Å². The van der Waals surface area contributed by atoms with Crippen molar-refractivity contribution in [3.8, 4) is 0 Å². The van der Waals surface area contributed by atoms with Crippen molar-refractivity contribution in [3.63, 3.8) is 0 Å². The van der Waals surface area contributed by atoms with E-state index in [0.29, 0.717) is 22.2 Å². The van der Waals surface area contributed by atoms with Crippen molar-refractivity contribution in [2.24, 2.45) is 0 Å². The maximum atomic E-state index is 12.2. The fraction of sp³-hybridized carbons (Fsp3) is 0.312. The summed E-state index contributed by atoms with van der Waals surface area (Å²) in [5.74, 6) is -0.0848. The Labute approximate surface area is 144 Å². The van der Waals surface area contributed by atoms with Crippen LogP contribution in [-0.2, 0) is 11.2 Å². The highest BCUT2D eigenvalue weighted by molar-refractivity contribution is 7.10. The fourth-order valence-corrected chi connectivity index (χ4v) is 3.61. The summed E-state index contributed by atoms with van der Waals surface area (Å²) in [5.41, 5.74) is 0.667. The predicted octanol–water partition coefficient (Wildman–Crippen LogP) is 4.02. The van der Waals surface area contributed by atoms with E-state index < -0.39 is 0 Å². The molecule has 0 aliphatic rings. The summed E-state index contributed by atoms with van der Waals surface area (Å²) in [6.45, 7) is 0.550. The normalized spacial score (nSPS) is 12.4. The molecule has 0 radical (unpaired) electrons. The van der Waals surface area contributed by atoms with E-state index in [1.807, 2.05) is 25.5 Å². The van der Waals surface area contributed by atoms with Crippen LogP contribution in [0, 0.1) is 0 Å². The highest BCUT2D eigenvalue weighted by Crippen LogP contribution is 2.25. The van der Waals surface area contributed by atoms with Gasteiger partial charge in [0, 0.05) is 21.5 Å². The number of rotatable bonds is 6. The maximum Gasteiger partial charge on any atom is 0.224 e. The SMILES string of the molecule is CN(C)[C@H](CNC(=O)Cc1c(Cl)cccc1Cl)c1cccs1. The van der Waals surface area contributed by atoms with Crippen molar-refractivity contribution >= 4 is 40.4 Å². The molecule has 22 heavy (non-hydrogen) atoms. The lowest BCUT2D eigenvalue weighted by Crippen LogP contribution is -2.35. The molecule has 1 amide bonds. The third-order valence-corrected chi connectivity index (χ3v) is 5.07. The number of nitrogens with one attached hydrogen (secondary N) is 1. The lowest BCUT2D eigenvalue weighted by Gasteiger charge is -2.23. The van der Waals surface area contributed by atoms with E-state index in [1.165, 1.54) is 4.88 Å². The number of thiophene rings is 1. The summed E-state index contributed by atoms with van der Waals surface area (Å²) in [6.07, 6.45) is 0.184. The number of hydrogen-bond acceptors (Lipinski definition) is 3. The molecule has 3 nitrogen and oxygen atoms in total. The number of halogens is 2. The van der Waals surface area contributed by atoms with Crippen LogP contribution in [0.15, 0.2) is 35.7 Å². The second-order valence-corrected chi connectivity index (χ2v) is 6.97. The summed E-state index contributed by atoms with van der Waals surface area (Å²) < 4.78 is 0. The van der Waals surface area contributed by atoms with E-state index in [0.717, 1.165) is 0 Å². The summed E-state index contributed by atoms with van der Waals surface area (Å²) in [4.78, 5) is 15.5. The monoisotopic (exact) mass is 356 g/mol. The fourth-order valence-electron chi connectivity index (χ4n) is 2.15. The van der Waals surface area contributed by atoms with E-state index in [2.05, 4.69) is 16.3 Å². The standard InChI is InChI=1S/C16H18Cl2N2OS/c1-20(2)14(15-7-4-8-22-15)10-19-16(21)9-11-12(17)5-3-6-13(11)18/h3-8,14H,9-10H2,1-2H3,(H,19,21)/t14-/m1/s1. The van der Waals surface area contributed by atoms with Gasteiger partial charge in [0.1, 0.15) is 0 Å². The maximum absolute atomic E-state index is 12.2. The number of carbonyl (C=O) groups excluding carboxylic acids is 1. The van der Waals surface area contributed by atoms with E-state index in [4.69, 9.17) is 23.2 Å². The zero-order chi connectivity index (χ0) is 16.1. The Hall–Kier alpha value is -1.07. The van der Waals surface area contributed by atoms with Gasteiger partial charge in [0.05, 0.1) is 12.5 Å². The molecule has 1 aromatic heterocycles. The summed E-state index contributed by atoms with van der Waals surface area (Å²) in [5, 5.41) is 6.04. The molecule has 0 spiro atoms. The lowest BCUT2D eigenvalue weighted by atomic mass is 10.1. The second kappa shape index (κ2) is 7.97. The quantitative estimate of drug-likeness (QED) is 0.847. The Morgan fingerprint density at radius 2 is 1.91 bits per heavy atom. The minimum absolute atomic E-state index is 0.0848. The minimum atomic E-state index is -0.0848. The number of amides is 1. The van der Waals surface area contributed by atoms with Gasteiger partial charge in [-0.05, 0) is 43.2 Å². The third kappa shape index (κ3) is 4.46. The van der Waals surface area contributed by atoms with Crippen molar-refractivity contribution in [2.75, 3.05) is 20.6 Å². The third-order valence-electron chi connectivity index (χ3n) is 3.39. The average Bonchev–Trinajstić information content (AvgIpc) is 2.97. The Kier molecular flexibility index (Phi) is 6.26. The van der Waals surface area contributed by atoms with Gasteiger partial charge in [0.2, 0.25) is 5.91 Å². The van der Waals surface area contributed by atoms with Crippen molar-refractivity contribution in [1.82, 2.24) is 10.2 Å². The molecule has 1 atom stereocenters. The van der Waals surface area contributed by atoms with E-state index in [9.17, 15) is 4.79 Å². The molecule has 0 unspecified atom stereocenters. The molecule has 0 aliphatic heterocycles. The van der Waals surface area contributed by atoms with Crippen LogP contribution in [0.4, 0.5) is 0 Å². The van der Waals surface area contributed by atoms with Crippen LogP contribution in [-0.4, -0.2) is 31.4 Å². The molecular formula is C16H18Cl2N2OS. The molecule has 1 aromatic carbocycles. The Morgan fingerprint density at radius 3 is 2.45 bits per heavy atom. The molecule has 0 bridgehead atoms. The van der Waals surface area contributed by atoms with Gasteiger partial charge in [0.25, 0.3) is 0 Å². The van der Waals surface area contributed by atoms with Crippen molar-refractivity contribution in [3.05, 3.63) is 56.2 Å². The molecule has 2 rings (SSSR count). The van der Waals surface area contributed by atoms with Crippen molar-refractivity contribution < 1.29 is 4.79 Å². The van der Waals surface area contributed by atoms with Gasteiger partial charge in [-0.1, -0.05) is 35.3 Å². The first-order chi connectivity index (χ1) is 10.5. The van der Waals surface area contributed by atoms with Crippen LogP contribution in [0.25, 0.3) is 0 Å². The minimum Gasteiger partial charge on any atom is -0.354 e. The van der Waals surface area contributed by atoms with Crippen LogP contribution < -0.4 is 5.32 Å². The number of benzene rings is 1. The summed E-state index contributed by atoms with van der Waals surface area (Å²) >= 11 is 13.9. The predicted molar refractivity (Wildman–Crippen MR) is 93.9 cm³/mol. The molecule has 0 saturated heterocycles. The zero-order valence-corrected chi connectivity index (χ0v) is 14.8. The van der Waals surface area contributed by atoms with Gasteiger partial charge in [-0.3, -0.25) is 4.79 Å². The number of nitrogens with zero attached hydrogens (tertiary/aromatic N) is 1. The molecule has 0 fully saturated rings. The first-order valence-electron chi connectivity index (χ1n) is 6.88. The molecule has 1 heterocycles. The van der Waals surface area contributed by atoms with Gasteiger partial charge in [0.15, 0.2) is 0 Å². The largest absolute Gasteiger partial charge is 0.354 e. The Morgan fingerprint density at radius 1 is 1.23 bits per heavy atom. The van der Waals surface area contributed by atoms with Gasteiger partial charge in [-0.15, -0.1) is 11.3 Å². The van der Waals surface area contributed by atoms with Gasteiger partial charge in [-0.25, -0.2) is 0 Å². The molecular weight excluding hydrogens is 339 g/mol. The summed E-state index contributed by atoms with van der Waals surface area (Å²) in [6, 6.07) is 9.50. The summed E-state index contributed by atoms with van der Waals surface area (Å²) in [7, 11) is 4.00. The molecule has 0 aliphatic carbocycles. The molecule has 1 N–H and O–H groups in total. The van der Waals surface area contributed by atoms with Gasteiger partial charge in [-0.2, -0.15) is 0 Å². The van der Waals surface area contributed by atoms with E-state index >= 15 is 0 Å². The first kappa shape index (κ1) is 17.3. The van der Waals surface area contributed by atoms with Crippen LogP contribution in [0.2, 0.25) is 10.0 Å². The molecule has 6 heteroatoms. The highest BCUT2D eigenvalue weighted by atomic mass is 35.5. The van der Waals surface area contributed by atoms with Crippen LogP contribution in [0.5, 0.6) is 0 Å². The zero-order valence-electron chi connectivity index (χ0n) is 12.5. The first-order valence-corrected chi connectivity index (χ1v) is 8.52. The number of carbonyl (C=O) groups is 1. The topological polar surface area (TPSA) is 32.3 Å². The van der Waals surface area contributed by atoms with Crippen molar-refractivity contribution in [2.45, 2.75) is 12.5 Å². The second-order valence-electron chi connectivity index (χ2n) is 5.18. The smallest absolute Gasteiger partial charge is 0.224 e. The average molecular weight is 357 g/mol. The number of likely N-dealkylation sites (N-methyl/N-ethyl adjacent to an activating group) is 1. The van der Waals surface area contributed by atoms with Crippen LogP contribution in [0.1, 0.15) is 16.5 Å². The highest BCUT2D eigenvalue weighted by Gasteiger charge is 2.17. The molecule has 2 aromatic rings.